The summed E-state index contributed by atoms with van der Waals surface area (Å²) in [5, 5.41) is 10.1. The number of H-pyrrole nitrogens is 1. The number of para-hydroxylation sites is 1. The first-order chi connectivity index (χ1) is 9.54. The van der Waals surface area contributed by atoms with Crippen LogP contribution >= 0.6 is 0 Å². The number of aromatic nitrogens is 2. The van der Waals surface area contributed by atoms with Crippen LogP contribution in [-0.2, 0) is 11.2 Å². The van der Waals surface area contributed by atoms with E-state index < -0.39 is 0 Å². The number of amides is 1. The number of aromatic amines is 1. The van der Waals surface area contributed by atoms with Gasteiger partial charge in [0, 0.05) is 16.9 Å². The standard InChI is InChI=1S/C16H21N3O/c1-5-13-8-6-7-9-14(13)17-16(20)10(2)15-11(3)18-19-12(15)4/h6-10H,5H2,1-4H3,(H,17,20)(H,18,19). The minimum atomic E-state index is -0.223. The molecule has 0 aliphatic heterocycles. The van der Waals surface area contributed by atoms with Crippen LogP contribution in [0.4, 0.5) is 5.69 Å². The number of nitrogens with one attached hydrogen (secondary N) is 2. The molecule has 1 unspecified atom stereocenters. The van der Waals surface area contributed by atoms with Gasteiger partial charge in [-0.05, 0) is 38.8 Å². The molecule has 0 fully saturated rings. The van der Waals surface area contributed by atoms with E-state index in [0.717, 1.165) is 34.6 Å². The van der Waals surface area contributed by atoms with Crippen molar-refractivity contribution in [1.82, 2.24) is 10.2 Å². The van der Waals surface area contributed by atoms with Crippen LogP contribution in [0.3, 0.4) is 0 Å². The number of nitrogens with zero attached hydrogens (tertiary/aromatic N) is 1. The molecule has 1 atom stereocenters. The largest absolute Gasteiger partial charge is 0.325 e. The van der Waals surface area contributed by atoms with Crippen molar-refractivity contribution in [1.29, 1.82) is 0 Å². The van der Waals surface area contributed by atoms with Gasteiger partial charge in [0.15, 0.2) is 0 Å². The van der Waals surface area contributed by atoms with Gasteiger partial charge < -0.3 is 5.32 Å². The van der Waals surface area contributed by atoms with Gasteiger partial charge in [-0.25, -0.2) is 0 Å². The van der Waals surface area contributed by atoms with Crippen molar-refractivity contribution in [3.8, 4) is 0 Å². The molecule has 0 spiro atoms. The van der Waals surface area contributed by atoms with Gasteiger partial charge in [-0.1, -0.05) is 25.1 Å². The molecule has 2 rings (SSSR count). The van der Waals surface area contributed by atoms with Gasteiger partial charge in [0.05, 0.1) is 11.6 Å². The Bertz CT molecular complexity index is 596. The third kappa shape index (κ3) is 2.74. The predicted octanol–water partition coefficient (Wildman–Crippen LogP) is 3.33. The van der Waals surface area contributed by atoms with Crippen LogP contribution in [0, 0.1) is 13.8 Å². The lowest BCUT2D eigenvalue weighted by molar-refractivity contribution is -0.117. The molecular weight excluding hydrogens is 250 g/mol. The topological polar surface area (TPSA) is 57.8 Å². The molecule has 0 saturated heterocycles. The van der Waals surface area contributed by atoms with Gasteiger partial charge >= 0.3 is 0 Å². The van der Waals surface area contributed by atoms with E-state index in [0.29, 0.717) is 0 Å². The second-order valence-electron chi connectivity index (χ2n) is 5.07. The van der Waals surface area contributed by atoms with Crippen LogP contribution in [0.5, 0.6) is 0 Å². The highest BCUT2D eigenvalue weighted by atomic mass is 16.1. The molecule has 106 valence electrons. The SMILES string of the molecule is CCc1ccccc1NC(=O)C(C)c1c(C)n[nH]c1C. The van der Waals surface area contributed by atoms with Crippen molar-refractivity contribution in [2.45, 2.75) is 40.0 Å². The third-order valence-corrected chi connectivity index (χ3v) is 3.67. The first kappa shape index (κ1) is 14.3. The lowest BCUT2D eigenvalue weighted by Gasteiger charge is -2.15. The second kappa shape index (κ2) is 5.90. The summed E-state index contributed by atoms with van der Waals surface area (Å²) in [7, 11) is 0. The van der Waals surface area contributed by atoms with Gasteiger partial charge in [-0.3, -0.25) is 9.89 Å². The van der Waals surface area contributed by atoms with Crippen molar-refractivity contribution in [3.63, 3.8) is 0 Å². The van der Waals surface area contributed by atoms with Gasteiger partial charge in [-0.2, -0.15) is 5.10 Å². The molecule has 1 heterocycles. The fourth-order valence-electron chi connectivity index (χ4n) is 2.52. The normalized spacial score (nSPS) is 12.2. The Balaban J connectivity index is 2.20. The number of carbonyl (C=O) groups excluding carboxylic acids is 1. The summed E-state index contributed by atoms with van der Waals surface area (Å²) in [5.74, 6) is -0.225. The van der Waals surface area contributed by atoms with Gasteiger partial charge in [-0.15, -0.1) is 0 Å². The number of anilines is 1. The molecule has 2 aromatic rings. The van der Waals surface area contributed by atoms with Crippen molar-refractivity contribution in [2.24, 2.45) is 0 Å². The number of benzene rings is 1. The Morgan fingerprint density at radius 3 is 2.65 bits per heavy atom. The summed E-state index contributed by atoms with van der Waals surface area (Å²) >= 11 is 0. The van der Waals surface area contributed by atoms with Crippen LogP contribution in [0.1, 0.15) is 42.3 Å². The highest BCUT2D eigenvalue weighted by molar-refractivity contribution is 5.96. The second-order valence-corrected chi connectivity index (χ2v) is 5.07. The summed E-state index contributed by atoms with van der Waals surface area (Å²) in [6, 6.07) is 7.91. The molecular formula is C16H21N3O. The van der Waals surface area contributed by atoms with E-state index in [2.05, 4.69) is 22.4 Å². The van der Waals surface area contributed by atoms with Crippen LogP contribution in [-0.4, -0.2) is 16.1 Å². The zero-order valence-corrected chi connectivity index (χ0v) is 12.4. The Hall–Kier alpha value is -2.10. The average molecular weight is 271 g/mol. The molecule has 4 nitrogen and oxygen atoms in total. The molecule has 0 bridgehead atoms. The zero-order chi connectivity index (χ0) is 14.7. The predicted molar refractivity (Wildman–Crippen MR) is 80.9 cm³/mol. The van der Waals surface area contributed by atoms with Gasteiger partial charge in [0.1, 0.15) is 0 Å². The monoisotopic (exact) mass is 271 g/mol. The quantitative estimate of drug-likeness (QED) is 0.896. The molecule has 1 aromatic heterocycles. The number of hydrogen-bond donors (Lipinski definition) is 2. The minimum absolute atomic E-state index is 0.00139. The van der Waals surface area contributed by atoms with E-state index in [1.165, 1.54) is 0 Å². The Morgan fingerprint density at radius 2 is 2.05 bits per heavy atom. The molecule has 0 aliphatic rings. The van der Waals surface area contributed by atoms with E-state index in [4.69, 9.17) is 0 Å². The fourth-order valence-corrected chi connectivity index (χ4v) is 2.52. The Morgan fingerprint density at radius 1 is 1.35 bits per heavy atom. The molecule has 0 radical (unpaired) electrons. The smallest absolute Gasteiger partial charge is 0.231 e. The van der Waals surface area contributed by atoms with Gasteiger partial charge in [0.25, 0.3) is 0 Å². The highest BCUT2D eigenvalue weighted by Gasteiger charge is 2.21. The highest BCUT2D eigenvalue weighted by Crippen LogP contribution is 2.24. The fraction of sp³-hybridized carbons (Fsp3) is 0.375. The van der Waals surface area contributed by atoms with Crippen molar-refractivity contribution < 1.29 is 4.79 Å². The maximum atomic E-state index is 12.4. The van der Waals surface area contributed by atoms with E-state index in [-0.39, 0.29) is 11.8 Å². The molecule has 4 heteroatoms. The van der Waals surface area contributed by atoms with E-state index >= 15 is 0 Å². The lowest BCUT2D eigenvalue weighted by Crippen LogP contribution is -2.20. The number of rotatable bonds is 4. The van der Waals surface area contributed by atoms with Crippen molar-refractivity contribution in [2.75, 3.05) is 5.32 Å². The molecule has 20 heavy (non-hydrogen) atoms. The van der Waals surface area contributed by atoms with Crippen molar-refractivity contribution in [3.05, 3.63) is 46.8 Å². The average Bonchev–Trinajstić information content (AvgIpc) is 2.78. The van der Waals surface area contributed by atoms with Crippen molar-refractivity contribution >= 4 is 11.6 Å². The van der Waals surface area contributed by atoms with Crippen LogP contribution < -0.4 is 5.32 Å². The Kier molecular flexibility index (Phi) is 4.23. The van der Waals surface area contributed by atoms with Crippen LogP contribution in [0.15, 0.2) is 24.3 Å². The van der Waals surface area contributed by atoms with Crippen LogP contribution in [0.2, 0.25) is 0 Å². The number of aryl methyl sites for hydroxylation is 3. The third-order valence-electron chi connectivity index (χ3n) is 3.67. The maximum Gasteiger partial charge on any atom is 0.231 e. The summed E-state index contributed by atoms with van der Waals surface area (Å²) in [4.78, 5) is 12.4. The first-order valence-electron chi connectivity index (χ1n) is 6.94. The molecule has 1 amide bonds. The van der Waals surface area contributed by atoms with E-state index in [9.17, 15) is 4.79 Å². The number of hydrogen-bond acceptors (Lipinski definition) is 2. The summed E-state index contributed by atoms with van der Waals surface area (Å²) in [6.07, 6.45) is 0.897. The van der Waals surface area contributed by atoms with E-state index in [1.807, 2.05) is 45.0 Å². The first-order valence-corrected chi connectivity index (χ1v) is 6.94. The van der Waals surface area contributed by atoms with Gasteiger partial charge in [0.2, 0.25) is 5.91 Å². The number of carbonyl (C=O) groups is 1. The summed E-state index contributed by atoms with van der Waals surface area (Å²) < 4.78 is 0. The van der Waals surface area contributed by atoms with Crippen LogP contribution in [0.25, 0.3) is 0 Å². The lowest BCUT2D eigenvalue weighted by atomic mass is 9.98. The van der Waals surface area contributed by atoms with E-state index in [1.54, 1.807) is 0 Å². The summed E-state index contributed by atoms with van der Waals surface area (Å²) in [5.41, 5.74) is 4.86. The molecule has 0 saturated carbocycles. The maximum absolute atomic E-state index is 12.4. The summed E-state index contributed by atoms with van der Waals surface area (Å²) in [6.45, 7) is 7.86. The molecule has 0 aliphatic carbocycles. The Labute approximate surface area is 119 Å². The molecule has 2 N–H and O–H groups in total. The zero-order valence-electron chi connectivity index (χ0n) is 12.4. The molecule has 1 aromatic carbocycles. The minimum Gasteiger partial charge on any atom is -0.325 e.